The Bertz CT molecular complexity index is 1640. The molecule has 2 N–H and O–H groups in total. The van der Waals surface area contributed by atoms with Gasteiger partial charge in [-0.25, -0.2) is 8.42 Å². The number of nitrogens with zero attached hydrogens (tertiary/aromatic N) is 4. The monoisotopic (exact) mass is 534 g/mol. The van der Waals surface area contributed by atoms with E-state index in [1.165, 1.54) is 0 Å². The minimum atomic E-state index is -3.53. The number of hydrogen-bond donors (Lipinski definition) is 2. The van der Waals surface area contributed by atoms with E-state index in [0.717, 1.165) is 71.0 Å². The summed E-state index contributed by atoms with van der Waals surface area (Å²) in [5, 5.41) is 12.9. The van der Waals surface area contributed by atoms with E-state index in [2.05, 4.69) is 21.8 Å². The van der Waals surface area contributed by atoms with E-state index < -0.39 is 16.1 Å². The SMILES string of the molecule is Cc1cc2cnn(C3CNC3)c2cc1NC(=O)[C@H](C)n1cc(C)c2cc(S(=O)(=O)N3CCCCC3)ccc21. The summed E-state index contributed by atoms with van der Waals surface area (Å²) in [7, 11) is -3.53. The first kappa shape index (κ1) is 25.1. The van der Waals surface area contributed by atoms with Crippen LogP contribution >= 0.6 is 0 Å². The molecule has 9 nitrogen and oxygen atoms in total. The van der Waals surface area contributed by atoms with Crippen molar-refractivity contribution in [2.45, 2.75) is 57.0 Å². The van der Waals surface area contributed by atoms with Crippen LogP contribution in [-0.4, -0.2) is 59.2 Å². The average molecular weight is 535 g/mol. The number of sulfonamides is 1. The fourth-order valence-electron chi connectivity index (χ4n) is 5.58. The maximum absolute atomic E-state index is 13.4. The van der Waals surface area contributed by atoms with Gasteiger partial charge in [0.1, 0.15) is 6.04 Å². The molecule has 4 heterocycles. The summed E-state index contributed by atoms with van der Waals surface area (Å²) >= 11 is 0. The molecule has 1 amide bonds. The van der Waals surface area contributed by atoms with Crippen LogP contribution in [0.25, 0.3) is 21.8 Å². The van der Waals surface area contributed by atoms with Crippen molar-refractivity contribution in [3.63, 3.8) is 0 Å². The zero-order chi connectivity index (χ0) is 26.6. The number of benzene rings is 2. The van der Waals surface area contributed by atoms with Gasteiger partial charge in [0.15, 0.2) is 0 Å². The van der Waals surface area contributed by atoms with E-state index in [4.69, 9.17) is 0 Å². The summed E-state index contributed by atoms with van der Waals surface area (Å²) in [4.78, 5) is 13.8. The summed E-state index contributed by atoms with van der Waals surface area (Å²) in [5.74, 6) is -0.134. The van der Waals surface area contributed by atoms with Crippen molar-refractivity contribution < 1.29 is 13.2 Å². The third-order valence-electron chi connectivity index (χ3n) is 8.06. The molecule has 1 atom stereocenters. The number of amides is 1. The molecule has 200 valence electrons. The van der Waals surface area contributed by atoms with Gasteiger partial charge in [-0.2, -0.15) is 9.40 Å². The van der Waals surface area contributed by atoms with Crippen molar-refractivity contribution in [3.8, 4) is 0 Å². The molecular weight excluding hydrogens is 500 g/mol. The number of anilines is 1. The molecule has 2 saturated heterocycles. The van der Waals surface area contributed by atoms with Gasteiger partial charge in [0, 0.05) is 54.4 Å². The smallest absolute Gasteiger partial charge is 0.247 e. The zero-order valence-corrected chi connectivity index (χ0v) is 22.9. The minimum Gasteiger partial charge on any atom is -0.335 e. The second kappa shape index (κ2) is 9.52. The highest BCUT2D eigenvalue weighted by Gasteiger charge is 2.27. The summed E-state index contributed by atoms with van der Waals surface area (Å²) in [6.07, 6.45) is 6.68. The molecule has 10 heteroatoms. The van der Waals surface area contributed by atoms with E-state index in [1.54, 1.807) is 16.4 Å². The van der Waals surface area contributed by atoms with Crippen molar-refractivity contribution in [2.75, 3.05) is 31.5 Å². The maximum Gasteiger partial charge on any atom is 0.247 e. The Kier molecular flexibility index (Phi) is 6.28. The van der Waals surface area contributed by atoms with Crippen molar-refractivity contribution in [3.05, 3.63) is 53.9 Å². The summed E-state index contributed by atoms with van der Waals surface area (Å²) in [6.45, 7) is 8.73. The van der Waals surface area contributed by atoms with Crippen molar-refractivity contribution >= 4 is 43.4 Å². The van der Waals surface area contributed by atoms with E-state index in [9.17, 15) is 13.2 Å². The molecule has 2 aliphatic rings. The number of aromatic nitrogens is 3. The molecule has 0 spiro atoms. The van der Waals surface area contributed by atoms with Crippen LogP contribution in [0.3, 0.4) is 0 Å². The predicted molar refractivity (Wildman–Crippen MR) is 149 cm³/mol. The highest BCUT2D eigenvalue weighted by atomic mass is 32.2. The van der Waals surface area contributed by atoms with E-state index in [0.29, 0.717) is 24.0 Å². The van der Waals surface area contributed by atoms with Crippen molar-refractivity contribution in [1.82, 2.24) is 24.0 Å². The molecule has 2 aliphatic heterocycles. The first-order chi connectivity index (χ1) is 18.2. The standard InChI is InChI=1S/C28H34N6O3S/c1-18-11-21-14-30-34(22-15-29-16-22)27(21)13-25(18)31-28(35)20(3)33-17-19(2)24-12-23(7-8-26(24)33)38(36,37)32-9-5-4-6-10-32/h7-8,11-14,17,20,22,29H,4-6,9-10,15-16H2,1-3H3,(H,31,35)/t20-/m0/s1. The van der Waals surface area contributed by atoms with E-state index in [-0.39, 0.29) is 5.91 Å². The number of hydrogen-bond acceptors (Lipinski definition) is 5. The average Bonchev–Trinajstić information content (AvgIpc) is 3.43. The Hall–Kier alpha value is -3.21. The second-order valence-corrected chi connectivity index (χ2v) is 12.6. The number of nitrogens with one attached hydrogen (secondary N) is 2. The second-order valence-electron chi connectivity index (χ2n) is 10.7. The number of rotatable bonds is 6. The van der Waals surface area contributed by atoms with Crippen LogP contribution in [0.4, 0.5) is 5.69 Å². The summed E-state index contributed by atoms with van der Waals surface area (Å²) < 4.78 is 32.0. The maximum atomic E-state index is 13.4. The van der Waals surface area contributed by atoms with Crippen LogP contribution in [0.15, 0.2) is 47.6 Å². The van der Waals surface area contributed by atoms with Gasteiger partial charge in [0.05, 0.1) is 22.7 Å². The molecule has 0 radical (unpaired) electrons. The number of aryl methyl sites for hydroxylation is 2. The van der Waals surface area contributed by atoms with E-state index >= 15 is 0 Å². The van der Waals surface area contributed by atoms with Crippen molar-refractivity contribution in [2.24, 2.45) is 0 Å². The fourth-order valence-corrected chi connectivity index (χ4v) is 7.13. The van der Waals surface area contributed by atoms with E-state index in [1.807, 2.05) is 54.5 Å². The molecular formula is C28H34N6O3S. The lowest BCUT2D eigenvalue weighted by atomic mass is 10.1. The highest BCUT2D eigenvalue weighted by molar-refractivity contribution is 7.89. The molecule has 0 aliphatic carbocycles. The Morgan fingerprint density at radius 1 is 1.05 bits per heavy atom. The van der Waals surface area contributed by atoms with Crippen LogP contribution in [0.2, 0.25) is 0 Å². The Morgan fingerprint density at radius 2 is 1.82 bits per heavy atom. The molecule has 38 heavy (non-hydrogen) atoms. The Labute approximate surface area is 222 Å². The summed E-state index contributed by atoms with van der Waals surface area (Å²) in [5.41, 5.74) is 4.53. The first-order valence-corrected chi connectivity index (χ1v) is 14.8. The van der Waals surface area contributed by atoms with Gasteiger partial charge in [0.25, 0.3) is 0 Å². The number of carbonyl (C=O) groups is 1. The molecule has 0 bridgehead atoms. The van der Waals surface area contributed by atoms with Gasteiger partial charge in [-0.3, -0.25) is 9.48 Å². The van der Waals surface area contributed by atoms with Gasteiger partial charge in [-0.1, -0.05) is 6.42 Å². The minimum absolute atomic E-state index is 0.134. The van der Waals surface area contributed by atoms with Crippen LogP contribution < -0.4 is 10.6 Å². The third-order valence-corrected chi connectivity index (χ3v) is 9.95. The quantitative estimate of drug-likeness (QED) is 0.387. The number of piperidine rings is 1. The Balaban J connectivity index is 1.27. The molecule has 2 aromatic heterocycles. The topological polar surface area (TPSA) is 101 Å². The third kappa shape index (κ3) is 4.20. The fraction of sp³-hybridized carbons (Fsp3) is 0.429. The number of carbonyl (C=O) groups excluding carboxylic acids is 1. The normalized spacial score (nSPS) is 18.1. The van der Waals surface area contributed by atoms with Crippen molar-refractivity contribution in [1.29, 1.82) is 0 Å². The molecule has 0 unspecified atom stereocenters. The molecule has 2 aromatic carbocycles. The lowest BCUT2D eigenvalue weighted by molar-refractivity contribution is -0.118. The molecule has 4 aromatic rings. The van der Waals surface area contributed by atoms with Crippen LogP contribution in [0, 0.1) is 13.8 Å². The highest BCUT2D eigenvalue weighted by Crippen LogP contribution is 2.31. The molecule has 0 saturated carbocycles. The molecule has 2 fully saturated rings. The van der Waals surface area contributed by atoms with Gasteiger partial charge in [0.2, 0.25) is 15.9 Å². The van der Waals surface area contributed by atoms with Gasteiger partial charge >= 0.3 is 0 Å². The number of fused-ring (bicyclic) bond motifs is 2. The van der Waals surface area contributed by atoms with Crippen LogP contribution in [-0.2, 0) is 14.8 Å². The summed E-state index contributed by atoms with van der Waals surface area (Å²) in [6, 6.07) is 9.15. The molecule has 6 rings (SSSR count). The van der Waals surface area contributed by atoms with Gasteiger partial charge in [-0.15, -0.1) is 0 Å². The largest absolute Gasteiger partial charge is 0.335 e. The zero-order valence-electron chi connectivity index (χ0n) is 22.1. The predicted octanol–water partition coefficient (Wildman–Crippen LogP) is 4.13. The van der Waals surface area contributed by atoms with Gasteiger partial charge in [-0.05, 0) is 75.1 Å². The lowest BCUT2D eigenvalue weighted by Gasteiger charge is -2.28. The first-order valence-electron chi connectivity index (χ1n) is 13.3. The lowest BCUT2D eigenvalue weighted by Crippen LogP contribution is -2.43. The Morgan fingerprint density at radius 3 is 2.53 bits per heavy atom. The van der Waals surface area contributed by atoms with Gasteiger partial charge < -0.3 is 15.2 Å². The van der Waals surface area contributed by atoms with Crippen LogP contribution in [0.1, 0.15) is 49.4 Å². The van der Waals surface area contributed by atoms with Crippen LogP contribution in [0.5, 0.6) is 0 Å².